The predicted molar refractivity (Wildman–Crippen MR) is 107 cm³/mol. The first-order valence-electron chi connectivity index (χ1n) is 10.2. The fraction of sp³-hybridized carbons (Fsp3) is 0.682. The highest BCUT2D eigenvalue weighted by Gasteiger charge is 2.32. The lowest BCUT2D eigenvalue weighted by molar-refractivity contribution is 0.409. The summed E-state index contributed by atoms with van der Waals surface area (Å²) in [6, 6.07) is 11.2. The van der Waals surface area contributed by atoms with Gasteiger partial charge in [-0.3, -0.25) is 0 Å². The number of nitrogens with zero attached hydrogens (tertiary/aromatic N) is 1. The SMILES string of the molecule is CCCCCCCC1CC[Si](C)(CCc2ccc(C#N)c(F)c2)CC1. The molecule has 0 unspecified atom stereocenters. The predicted octanol–water partition coefficient (Wildman–Crippen LogP) is 7.09. The molecule has 1 fully saturated rings. The van der Waals surface area contributed by atoms with Gasteiger partial charge in [-0.2, -0.15) is 5.26 Å². The Morgan fingerprint density at radius 3 is 2.52 bits per heavy atom. The number of benzene rings is 1. The Labute approximate surface area is 154 Å². The third kappa shape index (κ3) is 6.59. The fourth-order valence-electron chi connectivity index (χ4n) is 4.20. The maximum absolute atomic E-state index is 13.7. The van der Waals surface area contributed by atoms with E-state index in [-0.39, 0.29) is 11.4 Å². The molecule has 1 heterocycles. The van der Waals surface area contributed by atoms with Crippen molar-refractivity contribution in [2.24, 2.45) is 5.92 Å². The van der Waals surface area contributed by atoms with Gasteiger partial charge < -0.3 is 0 Å². The van der Waals surface area contributed by atoms with Crippen molar-refractivity contribution in [3.05, 3.63) is 35.1 Å². The normalized spacial score (nSPS) is 23.4. The molecule has 0 aromatic heterocycles. The van der Waals surface area contributed by atoms with Gasteiger partial charge in [0.15, 0.2) is 0 Å². The minimum absolute atomic E-state index is 0.159. The Hall–Kier alpha value is -1.14. The molecule has 1 aliphatic rings. The van der Waals surface area contributed by atoms with Crippen molar-refractivity contribution < 1.29 is 4.39 Å². The average Bonchev–Trinajstić information content (AvgIpc) is 2.62. The molecule has 1 saturated heterocycles. The van der Waals surface area contributed by atoms with E-state index in [0.717, 1.165) is 17.9 Å². The summed E-state index contributed by atoms with van der Waals surface area (Å²) in [6.07, 6.45) is 12.3. The van der Waals surface area contributed by atoms with Crippen LogP contribution in [-0.2, 0) is 6.42 Å². The number of rotatable bonds is 9. The van der Waals surface area contributed by atoms with Gasteiger partial charge in [0, 0.05) is 0 Å². The summed E-state index contributed by atoms with van der Waals surface area (Å²) >= 11 is 0. The van der Waals surface area contributed by atoms with Gasteiger partial charge >= 0.3 is 0 Å². The monoisotopic (exact) mass is 359 g/mol. The van der Waals surface area contributed by atoms with Crippen LogP contribution in [0.4, 0.5) is 4.39 Å². The van der Waals surface area contributed by atoms with Gasteiger partial charge in [-0.15, -0.1) is 0 Å². The molecular formula is C22H34FNSi. The molecule has 0 atom stereocenters. The first kappa shape index (κ1) is 20.2. The third-order valence-corrected chi connectivity index (χ3v) is 10.6. The largest absolute Gasteiger partial charge is 0.206 e. The summed E-state index contributed by atoms with van der Waals surface area (Å²) in [5, 5.41) is 8.83. The van der Waals surface area contributed by atoms with E-state index >= 15 is 0 Å². The second-order valence-electron chi connectivity index (χ2n) is 8.38. The number of hydrogen-bond donors (Lipinski definition) is 0. The van der Waals surface area contributed by atoms with Crippen LogP contribution < -0.4 is 0 Å². The van der Waals surface area contributed by atoms with Crippen LogP contribution >= 0.6 is 0 Å². The first-order valence-corrected chi connectivity index (χ1v) is 13.4. The van der Waals surface area contributed by atoms with E-state index in [1.165, 1.54) is 69.5 Å². The Kier molecular flexibility index (Phi) is 8.16. The Balaban J connectivity index is 1.71. The lowest BCUT2D eigenvalue weighted by atomic mass is 9.95. The van der Waals surface area contributed by atoms with Crippen molar-refractivity contribution >= 4 is 8.07 Å². The summed E-state index contributed by atoms with van der Waals surface area (Å²) in [5.41, 5.74) is 1.22. The summed E-state index contributed by atoms with van der Waals surface area (Å²) in [5.74, 6) is 0.605. The zero-order valence-corrected chi connectivity index (χ0v) is 17.1. The summed E-state index contributed by atoms with van der Waals surface area (Å²) in [4.78, 5) is 0. The van der Waals surface area contributed by atoms with Crippen molar-refractivity contribution in [1.29, 1.82) is 5.26 Å². The number of aryl methyl sites for hydroxylation is 1. The standard InChI is InChI=1S/C22H34FNSi/c1-3-4-5-6-7-8-19-11-14-25(2,15-12-19)16-13-20-9-10-21(18-24)22(23)17-20/h9-10,17,19H,3-8,11-16H2,1-2H3. The maximum atomic E-state index is 13.7. The van der Waals surface area contributed by atoms with Crippen LogP contribution in [0.15, 0.2) is 18.2 Å². The molecule has 1 aliphatic heterocycles. The highest BCUT2D eigenvalue weighted by atomic mass is 28.3. The number of nitriles is 1. The van der Waals surface area contributed by atoms with Gasteiger partial charge in [0.25, 0.3) is 0 Å². The molecule has 0 amide bonds. The molecule has 0 bridgehead atoms. The molecule has 0 N–H and O–H groups in total. The first-order chi connectivity index (χ1) is 12.1. The van der Waals surface area contributed by atoms with E-state index in [0.29, 0.717) is 0 Å². The van der Waals surface area contributed by atoms with Gasteiger partial charge in [-0.25, -0.2) is 4.39 Å². The second kappa shape index (κ2) is 10.1. The summed E-state index contributed by atoms with van der Waals surface area (Å²) in [6.45, 7) is 4.82. The van der Waals surface area contributed by atoms with Crippen LogP contribution in [-0.4, -0.2) is 8.07 Å². The zero-order valence-electron chi connectivity index (χ0n) is 16.1. The molecule has 0 spiro atoms. The quantitative estimate of drug-likeness (QED) is 0.341. The van der Waals surface area contributed by atoms with Crippen LogP contribution in [0.2, 0.25) is 24.7 Å². The van der Waals surface area contributed by atoms with Gasteiger partial charge in [0.2, 0.25) is 0 Å². The van der Waals surface area contributed by atoms with Crippen LogP contribution in [0.5, 0.6) is 0 Å². The zero-order chi connectivity index (χ0) is 18.1. The van der Waals surface area contributed by atoms with E-state index in [1.54, 1.807) is 12.1 Å². The molecule has 3 heteroatoms. The molecule has 1 aromatic carbocycles. The number of halogens is 1. The smallest absolute Gasteiger partial charge is 0.141 e. The summed E-state index contributed by atoms with van der Waals surface area (Å²) < 4.78 is 13.7. The van der Waals surface area contributed by atoms with Crippen molar-refractivity contribution in [1.82, 2.24) is 0 Å². The molecule has 0 aliphatic carbocycles. The minimum Gasteiger partial charge on any atom is -0.206 e. The van der Waals surface area contributed by atoms with Crippen LogP contribution in [0.25, 0.3) is 0 Å². The molecule has 1 aromatic rings. The van der Waals surface area contributed by atoms with E-state index in [9.17, 15) is 4.39 Å². The van der Waals surface area contributed by atoms with Crippen LogP contribution in [0.3, 0.4) is 0 Å². The molecule has 0 saturated carbocycles. The van der Waals surface area contributed by atoms with Crippen molar-refractivity contribution in [3.63, 3.8) is 0 Å². The Morgan fingerprint density at radius 1 is 1.16 bits per heavy atom. The van der Waals surface area contributed by atoms with Crippen LogP contribution in [0.1, 0.15) is 69.4 Å². The van der Waals surface area contributed by atoms with Crippen LogP contribution in [0, 0.1) is 23.1 Å². The molecule has 25 heavy (non-hydrogen) atoms. The Bertz CT molecular complexity index is 570. The van der Waals surface area contributed by atoms with E-state index in [1.807, 2.05) is 12.1 Å². The summed E-state index contributed by atoms with van der Waals surface area (Å²) in [7, 11) is -1.15. The van der Waals surface area contributed by atoms with E-state index < -0.39 is 8.07 Å². The minimum atomic E-state index is -1.15. The molecule has 1 nitrogen and oxygen atoms in total. The maximum Gasteiger partial charge on any atom is 0.141 e. The lowest BCUT2D eigenvalue weighted by Crippen LogP contribution is -2.35. The van der Waals surface area contributed by atoms with E-state index in [2.05, 4.69) is 13.5 Å². The highest BCUT2D eigenvalue weighted by Crippen LogP contribution is 2.38. The van der Waals surface area contributed by atoms with Crippen molar-refractivity contribution in [2.75, 3.05) is 0 Å². The molecular weight excluding hydrogens is 325 g/mol. The van der Waals surface area contributed by atoms with Gasteiger partial charge in [0.1, 0.15) is 11.9 Å². The van der Waals surface area contributed by atoms with Gasteiger partial charge in [-0.05, 0) is 30.0 Å². The molecule has 0 radical (unpaired) electrons. The van der Waals surface area contributed by atoms with Crippen molar-refractivity contribution in [3.8, 4) is 6.07 Å². The van der Waals surface area contributed by atoms with Gasteiger partial charge in [-0.1, -0.05) is 89.0 Å². The van der Waals surface area contributed by atoms with Crippen molar-refractivity contribution in [2.45, 2.75) is 89.4 Å². The average molecular weight is 360 g/mol. The second-order valence-corrected chi connectivity index (χ2v) is 13.5. The number of hydrogen-bond acceptors (Lipinski definition) is 1. The molecule has 138 valence electrons. The number of unbranched alkanes of at least 4 members (excludes halogenated alkanes) is 4. The fourth-order valence-corrected chi connectivity index (χ4v) is 8.05. The third-order valence-electron chi connectivity index (χ3n) is 6.20. The highest BCUT2D eigenvalue weighted by molar-refractivity contribution is 6.78. The molecule has 2 rings (SSSR count). The van der Waals surface area contributed by atoms with Gasteiger partial charge in [0.05, 0.1) is 13.6 Å². The lowest BCUT2D eigenvalue weighted by Gasteiger charge is -2.36. The van der Waals surface area contributed by atoms with E-state index in [4.69, 9.17) is 5.26 Å². The Morgan fingerprint density at radius 2 is 1.88 bits per heavy atom. The topological polar surface area (TPSA) is 23.8 Å².